The van der Waals surface area contributed by atoms with Crippen LogP contribution in [-0.4, -0.2) is 48.9 Å². The number of nitrogens with one attached hydrogen (secondary N) is 2. The van der Waals surface area contributed by atoms with Crippen LogP contribution in [-0.2, 0) is 9.59 Å². The van der Waals surface area contributed by atoms with Crippen LogP contribution in [0.3, 0.4) is 0 Å². The highest BCUT2D eigenvalue weighted by atomic mass is 16.2. The van der Waals surface area contributed by atoms with E-state index in [0.717, 1.165) is 13.1 Å². The number of nitrogens with zero attached hydrogens (tertiary/aromatic N) is 1. The zero-order valence-corrected chi connectivity index (χ0v) is 10.7. The maximum Gasteiger partial charge on any atom is 0.311 e. The molecule has 5 heteroatoms. The molecule has 2 N–H and O–H groups in total. The molecule has 0 aromatic carbocycles. The highest BCUT2D eigenvalue weighted by Crippen LogP contribution is 2.44. The second-order valence-corrected chi connectivity index (χ2v) is 5.72. The van der Waals surface area contributed by atoms with Gasteiger partial charge in [-0.25, -0.2) is 0 Å². The zero-order chi connectivity index (χ0) is 12.5. The molecule has 5 nitrogen and oxygen atoms in total. The summed E-state index contributed by atoms with van der Waals surface area (Å²) in [6, 6.07) is 0.268. The van der Waals surface area contributed by atoms with Gasteiger partial charge in [0.1, 0.15) is 0 Å². The Morgan fingerprint density at radius 1 is 1.06 bits per heavy atom. The van der Waals surface area contributed by atoms with Crippen LogP contribution in [0.15, 0.2) is 0 Å². The lowest BCUT2D eigenvalue weighted by Gasteiger charge is -2.27. The smallest absolute Gasteiger partial charge is 0.311 e. The summed E-state index contributed by atoms with van der Waals surface area (Å²) in [6.45, 7) is 2.86. The minimum atomic E-state index is -0.388. The van der Waals surface area contributed by atoms with Gasteiger partial charge in [-0.05, 0) is 37.5 Å². The fourth-order valence-corrected chi connectivity index (χ4v) is 2.76. The Bertz CT molecular complexity index is 332. The van der Waals surface area contributed by atoms with Crippen LogP contribution in [0.1, 0.15) is 25.7 Å². The van der Waals surface area contributed by atoms with Gasteiger partial charge in [0.15, 0.2) is 0 Å². The van der Waals surface area contributed by atoms with Crippen molar-refractivity contribution >= 4 is 11.8 Å². The highest BCUT2D eigenvalue weighted by molar-refractivity contribution is 6.35. The molecule has 0 spiro atoms. The minimum Gasteiger partial charge on any atom is -0.345 e. The number of hydrogen-bond donors (Lipinski definition) is 2. The molecule has 18 heavy (non-hydrogen) atoms. The molecule has 1 saturated heterocycles. The molecule has 2 saturated carbocycles. The maximum atomic E-state index is 12.0. The monoisotopic (exact) mass is 251 g/mol. The second-order valence-electron chi connectivity index (χ2n) is 5.72. The molecule has 3 rings (SSSR count). The lowest BCUT2D eigenvalue weighted by Crippen LogP contribution is -2.53. The van der Waals surface area contributed by atoms with E-state index in [2.05, 4.69) is 10.6 Å². The van der Waals surface area contributed by atoms with Crippen LogP contribution < -0.4 is 10.6 Å². The third kappa shape index (κ3) is 2.66. The molecule has 3 fully saturated rings. The van der Waals surface area contributed by atoms with E-state index in [1.807, 2.05) is 0 Å². The molecule has 0 atom stereocenters. The summed E-state index contributed by atoms with van der Waals surface area (Å²) < 4.78 is 0. The van der Waals surface area contributed by atoms with Crippen LogP contribution in [0.5, 0.6) is 0 Å². The molecule has 0 aromatic heterocycles. The SMILES string of the molecule is O=C(NC(C1CC1)C1CC1)C(=O)N1CCNCC1. The summed E-state index contributed by atoms with van der Waals surface area (Å²) in [7, 11) is 0. The van der Waals surface area contributed by atoms with Crippen molar-refractivity contribution in [2.75, 3.05) is 26.2 Å². The molecule has 0 unspecified atom stereocenters. The van der Waals surface area contributed by atoms with Crippen molar-refractivity contribution in [1.29, 1.82) is 0 Å². The van der Waals surface area contributed by atoms with Crippen molar-refractivity contribution in [1.82, 2.24) is 15.5 Å². The Labute approximate surface area is 107 Å². The Balaban J connectivity index is 1.54. The lowest BCUT2D eigenvalue weighted by atomic mass is 10.1. The fraction of sp³-hybridized carbons (Fsp3) is 0.846. The van der Waals surface area contributed by atoms with Crippen LogP contribution >= 0.6 is 0 Å². The van der Waals surface area contributed by atoms with Gasteiger partial charge >= 0.3 is 11.8 Å². The Kier molecular flexibility index (Phi) is 3.24. The number of piperazine rings is 1. The summed E-state index contributed by atoms with van der Waals surface area (Å²) in [5, 5.41) is 6.17. The topological polar surface area (TPSA) is 61.4 Å². The van der Waals surface area contributed by atoms with E-state index in [1.165, 1.54) is 25.7 Å². The van der Waals surface area contributed by atoms with E-state index in [4.69, 9.17) is 0 Å². The molecule has 0 radical (unpaired) electrons. The van der Waals surface area contributed by atoms with Crippen LogP contribution in [0.4, 0.5) is 0 Å². The zero-order valence-electron chi connectivity index (χ0n) is 10.7. The predicted octanol–water partition coefficient (Wildman–Crippen LogP) is -0.277. The lowest BCUT2D eigenvalue weighted by molar-refractivity contribution is -0.146. The second kappa shape index (κ2) is 4.88. The van der Waals surface area contributed by atoms with Gasteiger partial charge in [0.05, 0.1) is 0 Å². The Hall–Kier alpha value is -1.10. The first-order chi connectivity index (χ1) is 8.75. The Morgan fingerprint density at radius 2 is 1.61 bits per heavy atom. The minimum absolute atomic E-state index is 0.268. The fourth-order valence-electron chi connectivity index (χ4n) is 2.76. The van der Waals surface area contributed by atoms with Gasteiger partial charge in [-0.1, -0.05) is 0 Å². The summed E-state index contributed by atoms with van der Waals surface area (Å²) in [4.78, 5) is 25.7. The number of amides is 2. The predicted molar refractivity (Wildman–Crippen MR) is 66.8 cm³/mol. The summed E-state index contributed by atoms with van der Waals surface area (Å²) in [5.74, 6) is 0.540. The van der Waals surface area contributed by atoms with Crippen LogP contribution in [0.25, 0.3) is 0 Å². The maximum absolute atomic E-state index is 12.0. The van der Waals surface area contributed by atoms with Crippen LogP contribution in [0, 0.1) is 11.8 Å². The molecule has 2 amide bonds. The molecule has 2 aliphatic carbocycles. The van der Waals surface area contributed by atoms with Gasteiger partial charge in [0, 0.05) is 32.2 Å². The van der Waals surface area contributed by atoms with E-state index >= 15 is 0 Å². The average molecular weight is 251 g/mol. The van der Waals surface area contributed by atoms with Crippen molar-refractivity contribution in [2.45, 2.75) is 31.7 Å². The van der Waals surface area contributed by atoms with E-state index in [0.29, 0.717) is 24.9 Å². The standard InChI is InChI=1S/C13H21N3O2/c17-12(13(18)16-7-5-14-6-8-16)15-11(9-1-2-9)10-3-4-10/h9-11,14H,1-8H2,(H,15,17). The normalized spacial score (nSPS) is 24.2. The third-order valence-corrected chi connectivity index (χ3v) is 4.16. The van der Waals surface area contributed by atoms with E-state index in [1.54, 1.807) is 4.90 Å². The summed E-state index contributed by atoms with van der Waals surface area (Å²) in [5.41, 5.74) is 0. The molecule has 3 aliphatic rings. The van der Waals surface area contributed by atoms with Crippen molar-refractivity contribution in [3.63, 3.8) is 0 Å². The molecule has 0 aromatic rings. The van der Waals surface area contributed by atoms with Gasteiger partial charge in [0.2, 0.25) is 0 Å². The third-order valence-electron chi connectivity index (χ3n) is 4.16. The first-order valence-electron chi connectivity index (χ1n) is 7.06. The molecule has 1 heterocycles. The van der Waals surface area contributed by atoms with Crippen molar-refractivity contribution < 1.29 is 9.59 Å². The van der Waals surface area contributed by atoms with Gasteiger partial charge in [-0.2, -0.15) is 0 Å². The van der Waals surface area contributed by atoms with Crippen molar-refractivity contribution in [3.8, 4) is 0 Å². The van der Waals surface area contributed by atoms with Gasteiger partial charge < -0.3 is 15.5 Å². The summed E-state index contributed by atoms with van der Waals surface area (Å²) in [6.07, 6.45) is 4.85. The van der Waals surface area contributed by atoms with E-state index in [9.17, 15) is 9.59 Å². The first kappa shape index (κ1) is 12.0. The first-order valence-corrected chi connectivity index (χ1v) is 7.06. The van der Waals surface area contributed by atoms with Gasteiger partial charge in [-0.15, -0.1) is 0 Å². The van der Waals surface area contributed by atoms with Gasteiger partial charge in [-0.3, -0.25) is 9.59 Å². The highest BCUT2D eigenvalue weighted by Gasteiger charge is 2.43. The summed E-state index contributed by atoms with van der Waals surface area (Å²) >= 11 is 0. The van der Waals surface area contributed by atoms with Crippen LogP contribution in [0.2, 0.25) is 0 Å². The number of carbonyl (C=O) groups excluding carboxylic acids is 2. The number of carbonyl (C=O) groups is 2. The molecule has 100 valence electrons. The average Bonchev–Trinajstić information content (AvgIpc) is 3.29. The number of rotatable bonds is 3. The molecular formula is C13H21N3O2. The molecule has 0 bridgehead atoms. The van der Waals surface area contributed by atoms with Crippen molar-refractivity contribution in [3.05, 3.63) is 0 Å². The Morgan fingerprint density at radius 3 is 2.11 bits per heavy atom. The quantitative estimate of drug-likeness (QED) is 0.678. The van der Waals surface area contributed by atoms with E-state index in [-0.39, 0.29) is 17.9 Å². The molecule has 1 aliphatic heterocycles. The number of hydrogen-bond acceptors (Lipinski definition) is 3. The molecular weight excluding hydrogens is 230 g/mol. The largest absolute Gasteiger partial charge is 0.345 e. The van der Waals surface area contributed by atoms with Gasteiger partial charge in [0.25, 0.3) is 0 Å². The van der Waals surface area contributed by atoms with Crippen molar-refractivity contribution in [2.24, 2.45) is 11.8 Å². The van der Waals surface area contributed by atoms with E-state index < -0.39 is 0 Å².